The number of hydrogen-bond acceptors (Lipinski definition) is 5. The number of aliphatic hydroxyl groups is 1. The van der Waals surface area contributed by atoms with Gasteiger partial charge in [0.25, 0.3) is 0 Å². The minimum atomic E-state index is -1.24. The summed E-state index contributed by atoms with van der Waals surface area (Å²) in [4.78, 5) is 6.53. The lowest BCUT2D eigenvalue weighted by Gasteiger charge is -2.42. The van der Waals surface area contributed by atoms with Gasteiger partial charge in [-0.2, -0.15) is 0 Å². The van der Waals surface area contributed by atoms with Gasteiger partial charge >= 0.3 is 0 Å². The van der Waals surface area contributed by atoms with Crippen molar-refractivity contribution in [2.45, 2.75) is 44.8 Å². The molecule has 1 aromatic heterocycles. The fourth-order valence-electron chi connectivity index (χ4n) is 4.08. The first kappa shape index (κ1) is 24.4. The average molecular weight is 457 g/mol. The molecule has 0 saturated carbocycles. The number of ether oxygens (including phenoxy) is 1. The van der Waals surface area contributed by atoms with Gasteiger partial charge in [0.2, 0.25) is 0 Å². The predicted octanol–water partition coefficient (Wildman–Crippen LogP) is 5.69. The number of likely N-dealkylation sites (N-methyl/N-ethyl adjacent to an activating group) is 1. The van der Waals surface area contributed by atoms with Gasteiger partial charge in [-0.25, -0.2) is 9.37 Å². The lowest BCUT2D eigenvalue weighted by molar-refractivity contribution is 0.0817. The lowest BCUT2D eigenvalue weighted by Crippen LogP contribution is -2.48. The van der Waals surface area contributed by atoms with Crippen molar-refractivity contribution in [3.63, 3.8) is 0 Å². The third-order valence-electron chi connectivity index (χ3n) is 6.11. The molecule has 0 saturated heterocycles. The van der Waals surface area contributed by atoms with Crippen molar-refractivity contribution < 1.29 is 14.2 Å². The van der Waals surface area contributed by atoms with Gasteiger partial charge in [0.05, 0.1) is 19.3 Å². The molecule has 1 heterocycles. The molecule has 0 aliphatic carbocycles. The third kappa shape index (κ3) is 5.03. The van der Waals surface area contributed by atoms with Crippen molar-refractivity contribution in [2.75, 3.05) is 27.3 Å². The zero-order valence-electron chi connectivity index (χ0n) is 19.6. The number of methoxy groups -OCH3 is 1. The highest BCUT2D eigenvalue weighted by atomic mass is 32.1. The molecule has 1 N–H and O–H groups in total. The van der Waals surface area contributed by atoms with Crippen LogP contribution in [0.3, 0.4) is 0 Å². The average Bonchev–Trinajstić information content (AvgIpc) is 3.33. The molecule has 1 unspecified atom stereocenters. The van der Waals surface area contributed by atoms with E-state index in [0.29, 0.717) is 18.6 Å². The van der Waals surface area contributed by atoms with Crippen LogP contribution in [0.15, 0.2) is 54.0 Å². The molecule has 4 nitrogen and oxygen atoms in total. The number of aryl methyl sites for hydroxylation is 1. The maximum atomic E-state index is 14.1. The Hall–Kier alpha value is -2.28. The van der Waals surface area contributed by atoms with E-state index in [1.807, 2.05) is 36.7 Å². The standard InChI is InChI=1S/C26H33FN2O2S/c1-6-29(4)26(18-30,21-10-8-20(9-11-21)24-28-15-16-32-24)22-17-19(7-12-23(22)31-5)13-14-25(2,3)27/h7-12,15-17,30H,6,13-14,18H2,1-5H3. The second-order valence-corrected chi connectivity index (χ2v) is 9.60. The van der Waals surface area contributed by atoms with Gasteiger partial charge in [-0.15, -0.1) is 11.3 Å². The Morgan fingerprint density at radius 3 is 2.41 bits per heavy atom. The SMILES string of the molecule is CCN(C)C(CO)(c1ccc(-c2nccs2)cc1)c1cc(CCC(C)(C)F)ccc1OC. The molecule has 3 rings (SSSR count). The largest absolute Gasteiger partial charge is 0.496 e. The number of aliphatic hydroxyl groups excluding tert-OH is 1. The molecule has 172 valence electrons. The van der Waals surface area contributed by atoms with E-state index < -0.39 is 11.2 Å². The molecule has 0 fully saturated rings. The monoisotopic (exact) mass is 456 g/mol. The second kappa shape index (κ2) is 10.1. The van der Waals surface area contributed by atoms with Crippen molar-refractivity contribution in [3.8, 4) is 16.3 Å². The van der Waals surface area contributed by atoms with Crippen LogP contribution < -0.4 is 4.74 Å². The summed E-state index contributed by atoms with van der Waals surface area (Å²) < 4.78 is 19.9. The topological polar surface area (TPSA) is 45.6 Å². The Morgan fingerprint density at radius 2 is 1.88 bits per heavy atom. The van der Waals surface area contributed by atoms with E-state index in [1.165, 1.54) is 0 Å². The highest BCUT2D eigenvalue weighted by Crippen LogP contribution is 2.41. The van der Waals surface area contributed by atoms with Crippen LogP contribution in [-0.4, -0.2) is 48.0 Å². The molecule has 1 atom stereocenters. The minimum absolute atomic E-state index is 0.123. The van der Waals surface area contributed by atoms with E-state index in [1.54, 1.807) is 38.5 Å². The number of hydrogen-bond donors (Lipinski definition) is 1. The number of nitrogens with zero attached hydrogens (tertiary/aromatic N) is 2. The van der Waals surface area contributed by atoms with Gasteiger partial charge in [-0.1, -0.05) is 37.3 Å². The maximum Gasteiger partial charge on any atom is 0.124 e. The molecular weight excluding hydrogens is 423 g/mol. The van der Waals surface area contributed by atoms with Crippen molar-refractivity contribution in [1.29, 1.82) is 0 Å². The number of aromatic nitrogens is 1. The Balaban J connectivity index is 2.12. The number of rotatable bonds is 10. The Labute approximate surface area is 194 Å². The number of halogens is 1. The molecule has 0 aliphatic rings. The van der Waals surface area contributed by atoms with Crippen molar-refractivity contribution >= 4 is 11.3 Å². The summed E-state index contributed by atoms with van der Waals surface area (Å²) in [5, 5.41) is 13.8. The van der Waals surface area contributed by atoms with E-state index >= 15 is 0 Å². The van der Waals surface area contributed by atoms with Crippen LogP contribution >= 0.6 is 11.3 Å². The van der Waals surface area contributed by atoms with Crippen molar-refractivity contribution in [2.24, 2.45) is 0 Å². The molecular formula is C26H33FN2O2S. The van der Waals surface area contributed by atoms with Crippen LogP contribution in [0.4, 0.5) is 4.39 Å². The van der Waals surface area contributed by atoms with Crippen LogP contribution in [0, 0.1) is 0 Å². The first-order chi connectivity index (χ1) is 15.2. The first-order valence-electron chi connectivity index (χ1n) is 10.9. The number of alkyl halides is 1. The fourth-order valence-corrected chi connectivity index (χ4v) is 4.72. The third-order valence-corrected chi connectivity index (χ3v) is 6.94. The highest BCUT2D eigenvalue weighted by Gasteiger charge is 2.40. The molecule has 0 radical (unpaired) electrons. The van der Waals surface area contributed by atoms with Gasteiger partial charge in [0, 0.05) is 22.7 Å². The quantitative estimate of drug-likeness (QED) is 0.426. The molecule has 3 aromatic rings. The molecule has 2 aromatic carbocycles. The molecule has 32 heavy (non-hydrogen) atoms. The van der Waals surface area contributed by atoms with Crippen LogP contribution in [0.25, 0.3) is 10.6 Å². The van der Waals surface area contributed by atoms with Crippen LogP contribution in [0.5, 0.6) is 5.75 Å². The van der Waals surface area contributed by atoms with Gasteiger partial charge in [-0.3, -0.25) is 4.90 Å². The molecule has 0 spiro atoms. The van der Waals surface area contributed by atoms with Gasteiger partial charge in [0.15, 0.2) is 0 Å². The summed E-state index contributed by atoms with van der Waals surface area (Å²) in [7, 11) is 3.64. The highest BCUT2D eigenvalue weighted by molar-refractivity contribution is 7.13. The maximum absolute atomic E-state index is 14.1. The Morgan fingerprint density at radius 1 is 1.16 bits per heavy atom. The van der Waals surface area contributed by atoms with Gasteiger partial charge in [-0.05, 0) is 63.5 Å². The van der Waals surface area contributed by atoms with E-state index in [4.69, 9.17) is 4.74 Å². The smallest absolute Gasteiger partial charge is 0.124 e. The van der Waals surface area contributed by atoms with Gasteiger partial charge in [0.1, 0.15) is 16.4 Å². The van der Waals surface area contributed by atoms with E-state index in [2.05, 4.69) is 35.0 Å². The normalized spacial score (nSPS) is 13.9. The molecule has 6 heteroatoms. The summed E-state index contributed by atoms with van der Waals surface area (Å²) in [5.74, 6) is 0.701. The Bertz CT molecular complexity index is 1000. The molecule has 0 bridgehead atoms. The fraction of sp³-hybridized carbons (Fsp3) is 0.423. The summed E-state index contributed by atoms with van der Waals surface area (Å²) in [6.07, 6.45) is 2.84. The van der Waals surface area contributed by atoms with Crippen molar-refractivity contribution in [3.05, 3.63) is 70.7 Å². The summed E-state index contributed by atoms with van der Waals surface area (Å²) in [6.45, 7) is 5.87. The zero-order valence-corrected chi connectivity index (χ0v) is 20.4. The van der Waals surface area contributed by atoms with Crippen LogP contribution in [0.2, 0.25) is 0 Å². The van der Waals surface area contributed by atoms with Gasteiger partial charge < -0.3 is 9.84 Å². The first-order valence-corrected chi connectivity index (χ1v) is 11.8. The minimum Gasteiger partial charge on any atom is -0.496 e. The molecule has 0 amide bonds. The summed E-state index contributed by atoms with van der Waals surface area (Å²) >= 11 is 1.60. The van der Waals surface area contributed by atoms with E-state index in [9.17, 15) is 9.50 Å². The summed E-state index contributed by atoms with van der Waals surface area (Å²) in [5.41, 5.74) is 1.87. The van der Waals surface area contributed by atoms with Crippen molar-refractivity contribution in [1.82, 2.24) is 9.88 Å². The van der Waals surface area contributed by atoms with Crippen LogP contribution in [0.1, 0.15) is 43.9 Å². The summed E-state index contributed by atoms with van der Waals surface area (Å²) in [6, 6.07) is 14.2. The van der Waals surface area contributed by atoms with E-state index in [0.717, 1.165) is 33.8 Å². The lowest BCUT2D eigenvalue weighted by atomic mass is 9.80. The van der Waals surface area contributed by atoms with E-state index in [-0.39, 0.29) is 6.61 Å². The molecule has 0 aliphatic heterocycles. The predicted molar refractivity (Wildman–Crippen MR) is 130 cm³/mol. The number of thiazole rings is 1. The number of benzene rings is 2. The van der Waals surface area contributed by atoms with Crippen LogP contribution in [-0.2, 0) is 12.0 Å². The second-order valence-electron chi connectivity index (χ2n) is 8.70. The zero-order chi connectivity index (χ0) is 23.4. The Kier molecular flexibility index (Phi) is 7.70.